The van der Waals surface area contributed by atoms with Crippen molar-refractivity contribution in [3.05, 3.63) is 154 Å². The van der Waals surface area contributed by atoms with Crippen molar-refractivity contribution in [2.45, 2.75) is 38.6 Å². The van der Waals surface area contributed by atoms with Gasteiger partial charge in [0.15, 0.2) is 11.9 Å². The number of esters is 1. The monoisotopic (exact) mass is 728 g/mol. The van der Waals surface area contributed by atoms with E-state index in [1.54, 1.807) is 22.7 Å². The lowest BCUT2D eigenvalue weighted by Crippen LogP contribution is -2.35. The summed E-state index contributed by atoms with van der Waals surface area (Å²) in [5.74, 6) is -0.946. The Kier molecular flexibility index (Phi) is 10.7. The number of phosphoric acid groups is 1. The Morgan fingerprint density at radius 1 is 0.680 bits per heavy atom. The molecule has 2 aromatic heterocycles. The van der Waals surface area contributed by atoms with Crippen molar-refractivity contribution in [2.75, 3.05) is 6.61 Å². The standard InChI is InChI=1S/C38H33O9PS2/c39-21-32(47-48(41,44-22-26-9-3-1-4-10-26)45-23-27-11-5-2-6-12-27)33-34(42-24-30-15-7-13-28-17-19-49-36(28)30)35(38(40)46-33)43-25-31-16-8-14-29-18-20-50-37(29)31/h1-20,32-33,39H,21-25H2/t32-,33+/m0/s1. The van der Waals surface area contributed by atoms with Gasteiger partial charge in [-0.2, -0.15) is 0 Å². The van der Waals surface area contributed by atoms with E-state index in [-0.39, 0.29) is 37.9 Å². The summed E-state index contributed by atoms with van der Waals surface area (Å²) in [5.41, 5.74) is 3.23. The van der Waals surface area contributed by atoms with Crippen LogP contribution in [0, 0.1) is 0 Å². The largest absolute Gasteiger partial charge is 0.485 e. The Morgan fingerprint density at radius 3 is 1.76 bits per heavy atom. The van der Waals surface area contributed by atoms with Crippen molar-refractivity contribution in [3.63, 3.8) is 0 Å². The van der Waals surface area contributed by atoms with Gasteiger partial charge in [0.25, 0.3) is 0 Å². The number of cyclic esters (lactones) is 1. The summed E-state index contributed by atoms with van der Waals surface area (Å²) in [4.78, 5) is 13.5. The van der Waals surface area contributed by atoms with Gasteiger partial charge in [0.05, 0.1) is 19.8 Å². The highest BCUT2D eigenvalue weighted by Crippen LogP contribution is 2.53. The molecule has 0 bridgehead atoms. The molecule has 3 heterocycles. The first-order valence-corrected chi connectivity index (χ1v) is 19.1. The highest BCUT2D eigenvalue weighted by atomic mass is 32.1. The lowest BCUT2D eigenvalue weighted by atomic mass is 10.1. The van der Waals surface area contributed by atoms with E-state index in [2.05, 4.69) is 0 Å². The number of aliphatic hydroxyl groups excluding tert-OH is 1. The molecule has 0 spiro atoms. The molecule has 0 amide bonds. The number of carbonyl (C=O) groups excluding carboxylic acids is 1. The average molecular weight is 729 g/mol. The highest BCUT2D eigenvalue weighted by Gasteiger charge is 2.46. The van der Waals surface area contributed by atoms with Gasteiger partial charge in [-0.25, -0.2) is 9.36 Å². The summed E-state index contributed by atoms with van der Waals surface area (Å²) in [6.07, 6.45) is -2.72. The van der Waals surface area contributed by atoms with Crippen LogP contribution >= 0.6 is 30.5 Å². The quantitative estimate of drug-likeness (QED) is 0.0772. The number of benzene rings is 4. The number of phosphoric ester groups is 1. The van der Waals surface area contributed by atoms with Gasteiger partial charge in [0.1, 0.15) is 19.3 Å². The first-order valence-electron chi connectivity index (χ1n) is 15.9. The van der Waals surface area contributed by atoms with Crippen LogP contribution in [-0.2, 0) is 63.6 Å². The minimum absolute atomic E-state index is 0.0126. The maximum Gasteiger partial charge on any atom is 0.475 e. The van der Waals surface area contributed by atoms with Crippen LogP contribution in [0.25, 0.3) is 20.2 Å². The van der Waals surface area contributed by atoms with Gasteiger partial charge in [0, 0.05) is 20.5 Å². The third kappa shape index (κ3) is 7.85. The maximum absolute atomic E-state index is 14.3. The fraction of sp³-hybridized carbons (Fsp3) is 0.184. The lowest BCUT2D eigenvalue weighted by Gasteiger charge is -2.27. The summed E-state index contributed by atoms with van der Waals surface area (Å²) in [5, 5.41) is 16.8. The Hall–Kier alpha value is -4.32. The van der Waals surface area contributed by atoms with E-state index in [1.807, 2.05) is 120 Å². The topological polar surface area (TPSA) is 110 Å². The van der Waals surface area contributed by atoms with Gasteiger partial charge in [-0.3, -0.25) is 13.6 Å². The van der Waals surface area contributed by atoms with Crippen LogP contribution in [0.3, 0.4) is 0 Å². The number of carbonyl (C=O) groups is 1. The molecule has 1 aliphatic heterocycles. The zero-order chi connectivity index (χ0) is 34.3. The second kappa shape index (κ2) is 15.7. The maximum atomic E-state index is 14.3. The summed E-state index contributed by atoms with van der Waals surface area (Å²) >= 11 is 3.15. The minimum Gasteiger partial charge on any atom is -0.485 e. The zero-order valence-electron chi connectivity index (χ0n) is 26.7. The van der Waals surface area contributed by atoms with Gasteiger partial charge in [-0.05, 0) is 44.8 Å². The van der Waals surface area contributed by atoms with E-state index >= 15 is 0 Å². The van der Waals surface area contributed by atoms with Crippen molar-refractivity contribution in [1.29, 1.82) is 0 Å². The molecule has 50 heavy (non-hydrogen) atoms. The molecule has 4 aromatic carbocycles. The van der Waals surface area contributed by atoms with Crippen LogP contribution in [0.2, 0.25) is 0 Å². The SMILES string of the molecule is O=C1O[C@H]([C@H](CO)OP(=O)(OCc2ccccc2)OCc2ccccc2)C(OCc2cccc3ccsc23)=C1OCc1cccc2ccsc12. The fourth-order valence-corrected chi connectivity index (χ4v) is 8.64. The van der Waals surface area contributed by atoms with Gasteiger partial charge in [-0.1, -0.05) is 97.1 Å². The molecule has 256 valence electrons. The number of rotatable bonds is 16. The molecule has 6 aromatic rings. The van der Waals surface area contributed by atoms with E-state index in [9.17, 15) is 14.5 Å². The predicted molar refractivity (Wildman–Crippen MR) is 192 cm³/mol. The summed E-state index contributed by atoms with van der Waals surface area (Å²) in [7, 11) is -4.39. The Morgan fingerprint density at radius 2 is 1.22 bits per heavy atom. The normalized spacial score (nSPS) is 15.5. The predicted octanol–water partition coefficient (Wildman–Crippen LogP) is 8.91. The second-order valence-electron chi connectivity index (χ2n) is 11.4. The van der Waals surface area contributed by atoms with E-state index in [1.165, 1.54) is 0 Å². The molecule has 1 N–H and O–H groups in total. The molecule has 9 nitrogen and oxygen atoms in total. The van der Waals surface area contributed by atoms with E-state index in [4.69, 9.17) is 27.8 Å². The Balaban J connectivity index is 1.18. The third-order valence-corrected chi connectivity index (χ3v) is 11.5. The average Bonchev–Trinajstić information content (AvgIpc) is 3.91. The molecule has 0 saturated carbocycles. The first-order chi connectivity index (χ1) is 24.5. The number of hydrogen-bond donors (Lipinski definition) is 1. The zero-order valence-corrected chi connectivity index (χ0v) is 29.2. The smallest absolute Gasteiger partial charge is 0.475 e. The molecule has 0 aliphatic carbocycles. The van der Waals surface area contributed by atoms with Crippen molar-refractivity contribution in [2.24, 2.45) is 0 Å². The molecular weight excluding hydrogens is 696 g/mol. The van der Waals surface area contributed by atoms with Crippen molar-refractivity contribution >= 4 is 56.6 Å². The Labute approximate surface area is 296 Å². The molecule has 1 aliphatic rings. The lowest BCUT2D eigenvalue weighted by molar-refractivity contribution is -0.148. The van der Waals surface area contributed by atoms with E-state index < -0.39 is 32.6 Å². The van der Waals surface area contributed by atoms with Crippen LogP contribution in [0.15, 0.2) is 131 Å². The van der Waals surface area contributed by atoms with Crippen LogP contribution in [0.5, 0.6) is 0 Å². The summed E-state index contributed by atoms with van der Waals surface area (Å²) in [6.45, 7) is -0.769. The fourth-order valence-electron chi connectivity index (χ4n) is 5.52. The van der Waals surface area contributed by atoms with Gasteiger partial charge < -0.3 is 19.3 Å². The highest BCUT2D eigenvalue weighted by molar-refractivity contribution is 7.48. The molecule has 2 atom stereocenters. The molecule has 0 saturated heterocycles. The number of aliphatic hydroxyl groups is 1. The van der Waals surface area contributed by atoms with Crippen molar-refractivity contribution < 1.29 is 42.2 Å². The molecule has 12 heteroatoms. The summed E-state index contributed by atoms with van der Waals surface area (Å²) < 4.78 is 52.1. The summed E-state index contributed by atoms with van der Waals surface area (Å²) in [6, 6.07) is 34.1. The van der Waals surface area contributed by atoms with Gasteiger partial charge in [0.2, 0.25) is 5.76 Å². The van der Waals surface area contributed by atoms with E-state index in [0.717, 1.165) is 42.4 Å². The second-order valence-corrected chi connectivity index (χ2v) is 14.9. The van der Waals surface area contributed by atoms with Gasteiger partial charge in [-0.15, -0.1) is 22.7 Å². The number of hydrogen-bond acceptors (Lipinski definition) is 11. The van der Waals surface area contributed by atoms with Crippen molar-refractivity contribution in [3.8, 4) is 0 Å². The van der Waals surface area contributed by atoms with E-state index in [0.29, 0.717) is 0 Å². The molecular formula is C38H33O9PS2. The van der Waals surface area contributed by atoms with Gasteiger partial charge >= 0.3 is 13.8 Å². The van der Waals surface area contributed by atoms with Crippen molar-refractivity contribution in [1.82, 2.24) is 0 Å². The number of fused-ring (bicyclic) bond motifs is 2. The molecule has 7 rings (SSSR count). The number of thiophene rings is 2. The molecule has 0 unspecified atom stereocenters. The van der Waals surface area contributed by atoms with Crippen LogP contribution < -0.4 is 0 Å². The first kappa shape index (κ1) is 34.1. The number of ether oxygens (including phenoxy) is 3. The molecule has 0 radical (unpaired) electrons. The Bertz CT molecular complexity index is 2100. The molecule has 0 fully saturated rings. The van der Waals surface area contributed by atoms with Crippen LogP contribution in [0.4, 0.5) is 0 Å². The van der Waals surface area contributed by atoms with Crippen LogP contribution in [-0.4, -0.2) is 29.9 Å². The van der Waals surface area contributed by atoms with Crippen LogP contribution in [0.1, 0.15) is 22.3 Å². The third-order valence-electron chi connectivity index (χ3n) is 8.02. The minimum atomic E-state index is -4.39.